The van der Waals surface area contributed by atoms with Gasteiger partial charge in [-0.05, 0) is 6.92 Å². The summed E-state index contributed by atoms with van der Waals surface area (Å²) in [6.07, 6.45) is 2.10. The molecule has 1 aromatic rings. The SMILES string of the molecule is CC(N)C(=O)NC(Cc1cnc[nH]1)C(=O)NC(CC(N)=O)C(=O)NC(CO)C(=O)O. The first kappa shape index (κ1) is 24.5. The van der Waals surface area contributed by atoms with Crippen LogP contribution in [-0.4, -0.2) is 80.6 Å². The van der Waals surface area contributed by atoms with Crippen molar-refractivity contribution < 1.29 is 34.2 Å². The highest BCUT2D eigenvalue weighted by molar-refractivity contribution is 5.96. The number of carbonyl (C=O) groups excluding carboxylic acids is 4. The number of aliphatic carboxylic acids is 1. The first-order valence-electron chi connectivity index (χ1n) is 8.81. The van der Waals surface area contributed by atoms with Crippen molar-refractivity contribution >= 4 is 29.6 Å². The van der Waals surface area contributed by atoms with E-state index in [1.165, 1.54) is 19.4 Å². The number of amides is 4. The van der Waals surface area contributed by atoms with Gasteiger partial charge in [-0.2, -0.15) is 0 Å². The van der Waals surface area contributed by atoms with Gasteiger partial charge in [0.05, 0.1) is 25.4 Å². The molecule has 14 heteroatoms. The van der Waals surface area contributed by atoms with Crippen LogP contribution in [0.1, 0.15) is 19.0 Å². The third-order valence-electron chi connectivity index (χ3n) is 3.86. The van der Waals surface area contributed by atoms with E-state index in [0.29, 0.717) is 5.69 Å². The van der Waals surface area contributed by atoms with Crippen LogP contribution in [0.2, 0.25) is 0 Å². The number of carboxylic acids is 1. The fourth-order valence-corrected chi connectivity index (χ4v) is 2.27. The highest BCUT2D eigenvalue weighted by Crippen LogP contribution is 2.02. The van der Waals surface area contributed by atoms with Crippen molar-refractivity contribution in [2.75, 3.05) is 6.61 Å². The molecule has 0 aliphatic carbocycles. The molecule has 0 saturated heterocycles. The Labute approximate surface area is 170 Å². The number of nitrogens with one attached hydrogen (secondary N) is 4. The summed E-state index contributed by atoms with van der Waals surface area (Å²) < 4.78 is 0. The van der Waals surface area contributed by atoms with Gasteiger partial charge in [-0.25, -0.2) is 9.78 Å². The van der Waals surface area contributed by atoms with Gasteiger partial charge in [0.25, 0.3) is 0 Å². The minimum absolute atomic E-state index is 0.0381. The van der Waals surface area contributed by atoms with Crippen molar-refractivity contribution in [1.82, 2.24) is 25.9 Å². The second-order valence-corrected chi connectivity index (χ2v) is 6.44. The molecule has 0 aromatic carbocycles. The molecule has 0 bridgehead atoms. The molecule has 0 aliphatic heterocycles. The maximum atomic E-state index is 12.7. The van der Waals surface area contributed by atoms with Gasteiger partial charge in [-0.15, -0.1) is 0 Å². The smallest absolute Gasteiger partial charge is 0.328 e. The van der Waals surface area contributed by atoms with Crippen LogP contribution in [0.3, 0.4) is 0 Å². The second-order valence-electron chi connectivity index (χ2n) is 6.44. The van der Waals surface area contributed by atoms with Crippen molar-refractivity contribution in [3.8, 4) is 0 Å². The number of hydrogen-bond donors (Lipinski definition) is 8. The predicted molar refractivity (Wildman–Crippen MR) is 100 cm³/mol. The van der Waals surface area contributed by atoms with Gasteiger partial charge in [0, 0.05) is 18.3 Å². The number of carbonyl (C=O) groups is 5. The number of nitrogens with zero attached hydrogens (tertiary/aromatic N) is 1. The van der Waals surface area contributed by atoms with Gasteiger partial charge in [-0.3, -0.25) is 19.2 Å². The summed E-state index contributed by atoms with van der Waals surface area (Å²) in [4.78, 5) is 65.8. The van der Waals surface area contributed by atoms with Crippen LogP contribution < -0.4 is 27.4 Å². The van der Waals surface area contributed by atoms with Gasteiger partial charge < -0.3 is 42.6 Å². The third-order valence-corrected chi connectivity index (χ3v) is 3.86. The summed E-state index contributed by atoms with van der Waals surface area (Å²) in [5.74, 6) is -5.01. The van der Waals surface area contributed by atoms with Gasteiger partial charge in [0.2, 0.25) is 23.6 Å². The molecule has 4 amide bonds. The maximum absolute atomic E-state index is 12.7. The number of imidazole rings is 1. The third kappa shape index (κ3) is 7.84. The molecule has 4 atom stereocenters. The molecule has 4 unspecified atom stereocenters. The Morgan fingerprint density at radius 1 is 1.07 bits per heavy atom. The lowest BCUT2D eigenvalue weighted by molar-refractivity contribution is -0.143. The van der Waals surface area contributed by atoms with Gasteiger partial charge in [0.1, 0.15) is 18.1 Å². The Balaban J connectivity index is 2.99. The van der Waals surface area contributed by atoms with E-state index in [0.717, 1.165) is 0 Å². The fourth-order valence-electron chi connectivity index (χ4n) is 2.27. The van der Waals surface area contributed by atoms with Crippen molar-refractivity contribution in [2.24, 2.45) is 11.5 Å². The Morgan fingerprint density at radius 2 is 1.63 bits per heavy atom. The number of aliphatic hydroxyl groups is 1. The van der Waals surface area contributed by atoms with Gasteiger partial charge in [0.15, 0.2) is 0 Å². The normalized spacial score (nSPS) is 14.6. The predicted octanol–water partition coefficient (Wildman–Crippen LogP) is -4.29. The highest BCUT2D eigenvalue weighted by atomic mass is 16.4. The molecule has 0 fully saturated rings. The average molecular weight is 427 g/mol. The fraction of sp³-hybridized carbons (Fsp3) is 0.500. The largest absolute Gasteiger partial charge is 0.480 e. The minimum Gasteiger partial charge on any atom is -0.480 e. The zero-order valence-electron chi connectivity index (χ0n) is 16.1. The van der Waals surface area contributed by atoms with Crippen LogP contribution in [0.4, 0.5) is 0 Å². The number of hydrogen-bond acceptors (Lipinski definition) is 8. The number of rotatable bonds is 12. The topological polar surface area (TPSA) is 243 Å². The summed E-state index contributed by atoms with van der Waals surface area (Å²) in [6.45, 7) is 0.496. The first-order chi connectivity index (χ1) is 14.0. The van der Waals surface area contributed by atoms with E-state index in [4.69, 9.17) is 21.7 Å². The molecule has 166 valence electrons. The van der Waals surface area contributed by atoms with Crippen molar-refractivity contribution in [3.63, 3.8) is 0 Å². The van der Waals surface area contributed by atoms with Crippen molar-refractivity contribution in [3.05, 3.63) is 18.2 Å². The molecule has 0 radical (unpaired) electrons. The van der Waals surface area contributed by atoms with Gasteiger partial charge >= 0.3 is 5.97 Å². The van der Waals surface area contributed by atoms with Crippen LogP contribution >= 0.6 is 0 Å². The van der Waals surface area contributed by atoms with Crippen LogP contribution in [0.15, 0.2) is 12.5 Å². The number of aliphatic hydroxyl groups excluding tert-OH is 1. The molecule has 10 N–H and O–H groups in total. The lowest BCUT2D eigenvalue weighted by Crippen LogP contribution is -2.58. The van der Waals surface area contributed by atoms with Crippen LogP contribution in [0, 0.1) is 0 Å². The van der Waals surface area contributed by atoms with Crippen molar-refractivity contribution in [1.29, 1.82) is 0 Å². The van der Waals surface area contributed by atoms with E-state index < -0.39 is 66.8 Å². The standard InChI is InChI=1S/C16H25N7O7/c1-7(17)13(26)21-9(2-8-4-19-6-20-8)14(27)22-10(3-12(18)25)15(28)23-11(5-24)16(29)30/h4,6-7,9-11,24H,2-3,5,17H2,1H3,(H2,18,25)(H,19,20)(H,21,26)(H,22,27)(H,23,28)(H,29,30). The van der Waals surface area contributed by atoms with E-state index >= 15 is 0 Å². The Hall–Kier alpha value is -3.52. The van der Waals surface area contributed by atoms with Gasteiger partial charge in [-0.1, -0.05) is 0 Å². The van der Waals surface area contributed by atoms with Crippen LogP contribution in [0.25, 0.3) is 0 Å². The molecule has 0 saturated carbocycles. The second kappa shape index (κ2) is 11.5. The highest BCUT2D eigenvalue weighted by Gasteiger charge is 2.31. The number of aromatic nitrogens is 2. The zero-order valence-corrected chi connectivity index (χ0v) is 16.1. The van der Waals surface area contributed by atoms with E-state index in [2.05, 4.69) is 20.6 Å². The van der Waals surface area contributed by atoms with E-state index in [1.54, 1.807) is 0 Å². The zero-order chi connectivity index (χ0) is 22.8. The minimum atomic E-state index is -1.65. The molecule has 1 aromatic heterocycles. The van der Waals surface area contributed by atoms with E-state index in [9.17, 15) is 24.0 Å². The van der Waals surface area contributed by atoms with Crippen LogP contribution in [0.5, 0.6) is 0 Å². The number of primary amides is 1. The lowest BCUT2D eigenvalue weighted by atomic mass is 10.1. The monoisotopic (exact) mass is 427 g/mol. The van der Waals surface area contributed by atoms with E-state index in [1.807, 2.05) is 5.32 Å². The number of H-pyrrole nitrogens is 1. The van der Waals surface area contributed by atoms with E-state index in [-0.39, 0.29) is 6.42 Å². The van der Waals surface area contributed by atoms with Crippen molar-refractivity contribution in [2.45, 2.75) is 43.9 Å². The molecule has 30 heavy (non-hydrogen) atoms. The summed E-state index contributed by atoms with van der Waals surface area (Å²) in [5, 5.41) is 24.6. The summed E-state index contributed by atoms with van der Waals surface area (Å²) in [5.41, 5.74) is 11.1. The summed E-state index contributed by atoms with van der Waals surface area (Å²) >= 11 is 0. The molecule has 0 spiro atoms. The number of nitrogens with two attached hydrogens (primary N) is 2. The summed E-state index contributed by atoms with van der Waals surface area (Å²) in [6, 6.07) is -5.31. The number of aromatic amines is 1. The maximum Gasteiger partial charge on any atom is 0.328 e. The molecule has 1 rings (SSSR count). The molecule has 0 aliphatic rings. The average Bonchev–Trinajstić information content (AvgIpc) is 3.16. The lowest BCUT2D eigenvalue weighted by Gasteiger charge is -2.23. The Kier molecular flexibility index (Phi) is 9.38. The number of carboxylic acid groups (broad SMARTS) is 1. The quantitative estimate of drug-likeness (QED) is 0.161. The molecule has 1 heterocycles. The first-order valence-corrected chi connectivity index (χ1v) is 8.81. The van der Waals surface area contributed by atoms with Crippen LogP contribution in [-0.2, 0) is 30.4 Å². The summed E-state index contributed by atoms with van der Waals surface area (Å²) in [7, 11) is 0. The molecular weight excluding hydrogens is 402 g/mol. The Morgan fingerprint density at radius 3 is 2.10 bits per heavy atom. The molecular formula is C16H25N7O7. The molecule has 14 nitrogen and oxygen atoms in total. The Bertz CT molecular complexity index is 766.